The van der Waals surface area contributed by atoms with Gasteiger partial charge in [-0.2, -0.15) is 0 Å². The first kappa shape index (κ1) is 17.7. The fourth-order valence-corrected chi connectivity index (χ4v) is 2.84. The average molecular weight is 324 g/mol. The maximum absolute atomic E-state index is 13.6. The number of hydrogen-bond acceptors (Lipinski definition) is 4. The van der Waals surface area contributed by atoms with Gasteiger partial charge in [0.25, 0.3) is 5.91 Å². The molecular formula is C17H25FN2O3. The van der Waals surface area contributed by atoms with E-state index < -0.39 is 11.9 Å². The molecule has 5 nitrogen and oxygen atoms in total. The Hall–Kier alpha value is -1.66. The van der Waals surface area contributed by atoms with Crippen LogP contribution in [-0.4, -0.2) is 45.4 Å². The number of ether oxygens (including phenoxy) is 2. The Morgan fingerprint density at radius 3 is 2.74 bits per heavy atom. The maximum atomic E-state index is 13.6. The fourth-order valence-electron chi connectivity index (χ4n) is 2.84. The maximum Gasteiger partial charge on any atom is 0.260 e. The van der Waals surface area contributed by atoms with Crippen molar-refractivity contribution in [2.75, 3.05) is 33.4 Å². The Morgan fingerprint density at radius 1 is 1.39 bits per heavy atom. The molecule has 0 spiro atoms. The van der Waals surface area contributed by atoms with E-state index in [-0.39, 0.29) is 17.1 Å². The Morgan fingerprint density at radius 2 is 2.09 bits per heavy atom. The van der Waals surface area contributed by atoms with Gasteiger partial charge >= 0.3 is 0 Å². The van der Waals surface area contributed by atoms with E-state index in [0.29, 0.717) is 13.2 Å². The van der Waals surface area contributed by atoms with E-state index in [0.717, 1.165) is 25.9 Å². The number of methoxy groups -OCH3 is 1. The average Bonchev–Trinajstić information content (AvgIpc) is 2.56. The molecule has 1 aliphatic heterocycles. The molecule has 1 atom stereocenters. The van der Waals surface area contributed by atoms with E-state index in [1.165, 1.54) is 12.1 Å². The van der Waals surface area contributed by atoms with E-state index in [2.05, 4.69) is 10.6 Å². The normalized spacial score (nSPS) is 18.2. The lowest BCUT2D eigenvalue weighted by Crippen LogP contribution is -2.49. The van der Waals surface area contributed by atoms with Gasteiger partial charge in [0.2, 0.25) is 0 Å². The van der Waals surface area contributed by atoms with Gasteiger partial charge in [0, 0.05) is 19.1 Å². The molecule has 6 heteroatoms. The lowest BCUT2D eigenvalue weighted by molar-refractivity contribution is -0.128. The second kappa shape index (κ2) is 8.26. The number of hydrogen-bond donors (Lipinski definition) is 2. The standard InChI is InChI=1S/C17H25FN2O3/c1-13(23-15-6-4-3-5-14(15)18)16(21)20-11-17(12-22-2)7-9-19-10-8-17/h3-6,13,19H,7-12H2,1-2H3,(H,20,21). The fraction of sp³-hybridized carbons (Fsp3) is 0.588. The SMILES string of the molecule is COCC1(CNC(=O)C(C)Oc2ccccc2F)CCNCC1. The van der Waals surface area contributed by atoms with Crippen molar-refractivity contribution in [3.63, 3.8) is 0 Å². The molecule has 1 aliphatic rings. The van der Waals surface area contributed by atoms with Gasteiger partial charge in [0.1, 0.15) is 0 Å². The summed E-state index contributed by atoms with van der Waals surface area (Å²) in [7, 11) is 1.68. The number of amides is 1. The number of halogens is 1. The van der Waals surface area contributed by atoms with Crippen molar-refractivity contribution in [2.45, 2.75) is 25.9 Å². The van der Waals surface area contributed by atoms with Crippen molar-refractivity contribution in [3.8, 4) is 5.75 Å². The number of benzene rings is 1. The van der Waals surface area contributed by atoms with Crippen molar-refractivity contribution in [1.29, 1.82) is 0 Å². The number of para-hydroxylation sites is 1. The van der Waals surface area contributed by atoms with E-state index in [4.69, 9.17) is 9.47 Å². The first-order chi connectivity index (χ1) is 11.1. The van der Waals surface area contributed by atoms with Crippen LogP contribution in [0.15, 0.2) is 24.3 Å². The summed E-state index contributed by atoms with van der Waals surface area (Å²) in [6.07, 6.45) is 1.14. The van der Waals surface area contributed by atoms with Crippen LogP contribution in [0.4, 0.5) is 4.39 Å². The summed E-state index contributed by atoms with van der Waals surface area (Å²) in [5, 5.41) is 6.24. The molecule has 23 heavy (non-hydrogen) atoms. The third-order valence-corrected chi connectivity index (χ3v) is 4.26. The minimum Gasteiger partial charge on any atom is -0.478 e. The van der Waals surface area contributed by atoms with Gasteiger partial charge in [-0.25, -0.2) is 4.39 Å². The highest BCUT2D eigenvalue weighted by atomic mass is 19.1. The predicted octanol–water partition coefficient (Wildman–Crippen LogP) is 1.73. The Bertz CT molecular complexity index is 513. The topological polar surface area (TPSA) is 59.6 Å². The second-order valence-electron chi connectivity index (χ2n) is 6.09. The van der Waals surface area contributed by atoms with Crippen LogP contribution in [0.3, 0.4) is 0 Å². The number of carbonyl (C=O) groups is 1. The summed E-state index contributed by atoms with van der Waals surface area (Å²) < 4.78 is 24.3. The minimum absolute atomic E-state index is 0.0482. The third-order valence-electron chi connectivity index (χ3n) is 4.26. The second-order valence-corrected chi connectivity index (χ2v) is 6.09. The van der Waals surface area contributed by atoms with Crippen molar-refractivity contribution in [3.05, 3.63) is 30.1 Å². The zero-order chi connectivity index (χ0) is 16.7. The minimum atomic E-state index is -0.756. The first-order valence-corrected chi connectivity index (χ1v) is 7.95. The molecule has 0 saturated carbocycles. The summed E-state index contributed by atoms with van der Waals surface area (Å²) >= 11 is 0. The smallest absolute Gasteiger partial charge is 0.260 e. The molecule has 1 aromatic rings. The van der Waals surface area contributed by atoms with Gasteiger partial charge in [-0.15, -0.1) is 0 Å². The van der Waals surface area contributed by atoms with Crippen molar-refractivity contribution >= 4 is 5.91 Å². The van der Waals surface area contributed by atoms with Crippen LogP contribution in [0.2, 0.25) is 0 Å². The van der Waals surface area contributed by atoms with E-state index >= 15 is 0 Å². The molecule has 1 amide bonds. The predicted molar refractivity (Wildman–Crippen MR) is 85.9 cm³/mol. The largest absolute Gasteiger partial charge is 0.478 e. The van der Waals surface area contributed by atoms with E-state index in [9.17, 15) is 9.18 Å². The number of piperidine rings is 1. The van der Waals surface area contributed by atoms with Crippen LogP contribution in [0.5, 0.6) is 5.75 Å². The highest BCUT2D eigenvalue weighted by molar-refractivity contribution is 5.80. The van der Waals surface area contributed by atoms with Crippen LogP contribution < -0.4 is 15.4 Å². The monoisotopic (exact) mass is 324 g/mol. The molecule has 1 fully saturated rings. The van der Waals surface area contributed by atoms with Crippen LogP contribution in [0.1, 0.15) is 19.8 Å². The number of carbonyl (C=O) groups excluding carboxylic acids is 1. The van der Waals surface area contributed by atoms with Crippen LogP contribution >= 0.6 is 0 Å². The number of nitrogens with one attached hydrogen (secondary N) is 2. The van der Waals surface area contributed by atoms with Gasteiger partial charge in [0.15, 0.2) is 17.7 Å². The molecule has 128 valence electrons. The molecule has 1 aromatic carbocycles. The lowest BCUT2D eigenvalue weighted by atomic mass is 9.79. The van der Waals surface area contributed by atoms with Gasteiger partial charge < -0.3 is 20.1 Å². The zero-order valence-corrected chi connectivity index (χ0v) is 13.7. The van der Waals surface area contributed by atoms with Crippen LogP contribution in [0, 0.1) is 11.2 Å². The van der Waals surface area contributed by atoms with Gasteiger partial charge in [0.05, 0.1) is 6.61 Å². The van der Waals surface area contributed by atoms with E-state index in [1.807, 2.05) is 0 Å². The van der Waals surface area contributed by atoms with Gasteiger partial charge in [-0.1, -0.05) is 12.1 Å². The molecule has 0 bridgehead atoms. The zero-order valence-electron chi connectivity index (χ0n) is 13.7. The molecule has 2 N–H and O–H groups in total. The molecule has 0 aromatic heterocycles. The third kappa shape index (κ3) is 4.91. The molecular weight excluding hydrogens is 299 g/mol. The molecule has 1 heterocycles. The van der Waals surface area contributed by atoms with Crippen molar-refractivity contribution in [1.82, 2.24) is 10.6 Å². The lowest BCUT2D eigenvalue weighted by Gasteiger charge is -2.37. The van der Waals surface area contributed by atoms with Crippen LogP contribution in [-0.2, 0) is 9.53 Å². The molecule has 0 radical (unpaired) electrons. The molecule has 1 saturated heterocycles. The summed E-state index contributed by atoms with van der Waals surface area (Å²) in [6, 6.07) is 6.07. The first-order valence-electron chi connectivity index (χ1n) is 7.95. The summed E-state index contributed by atoms with van der Waals surface area (Å²) in [5.74, 6) is -0.632. The van der Waals surface area contributed by atoms with Crippen molar-refractivity contribution in [2.24, 2.45) is 5.41 Å². The Labute approximate surface area is 136 Å². The van der Waals surface area contributed by atoms with E-state index in [1.54, 1.807) is 26.2 Å². The highest BCUT2D eigenvalue weighted by Crippen LogP contribution is 2.28. The highest BCUT2D eigenvalue weighted by Gasteiger charge is 2.33. The van der Waals surface area contributed by atoms with Gasteiger partial charge in [-0.05, 0) is 45.0 Å². The molecule has 2 rings (SSSR count). The molecule has 1 unspecified atom stereocenters. The van der Waals surface area contributed by atoms with Gasteiger partial charge in [-0.3, -0.25) is 4.79 Å². The number of rotatable bonds is 7. The van der Waals surface area contributed by atoms with Crippen LogP contribution in [0.25, 0.3) is 0 Å². The quantitative estimate of drug-likeness (QED) is 0.802. The van der Waals surface area contributed by atoms with Crippen molar-refractivity contribution < 1.29 is 18.7 Å². The summed E-state index contributed by atoms with van der Waals surface area (Å²) in [6.45, 7) is 4.60. The molecule has 0 aliphatic carbocycles. The Balaban J connectivity index is 1.88. The Kier molecular flexibility index (Phi) is 6.36. The summed E-state index contributed by atoms with van der Waals surface area (Å²) in [5.41, 5.74) is -0.0482. The summed E-state index contributed by atoms with van der Waals surface area (Å²) in [4.78, 5) is 12.2.